The Labute approximate surface area is 196 Å². The molecule has 0 aliphatic rings. The van der Waals surface area contributed by atoms with E-state index in [2.05, 4.69) is 11.4 Å². The minimum atomic E-state index is -0.658. The zero-order valence-electron chi connectivity index (χ0n) is 19.8. The molecule has 5 nitrogen and oxygen atoms in total. The number of ether oxygens (including phenoxy) is 1. The van der Waals surface area contributed by atoms with Gasteiger partial charge in [0.2, 0.25) is 5.91 Å². The van der Waals surface area contributed by atoms with Gasteiger partial charge in [-0.25, -0.2) is 0 Å². The molecule has 3 rings (SSSR count). The molecule has 172 valence electrons. The third-order valence-corrected chi connectivity index (χ3v) is 5.55. The largest absolute Gasteiger partial charge is 0.484 e. The third kappa shape index (κ3) is 6.94. The first-order valence-electron chi connectivity index (χ1n) is 11.2. The first-order chi connectivity index (χ1) is 15.9. The second-order valence-electron chi connectivity index (χ2n) is 8.44. The molecule has 0 heterocycles. The van der Waals surface area contributed by atoms with Crippen LogP contribution >= 0.6 is 0 Å². The standard InChI is InChI=1S/C28H32N2O3/c1-20-10-12-24(13-11-20)18-30(26(28(32)29-4)17-23-8-6-5-7-9-23)27(31)19-33-25-15-21(2)14-22(3)16-25/h5-16,26H,17-19H2,1-4H3,(H,29,32)/t26-/m0/s1. The van der Waals surface area contributed by atoms with E-state index >= 15 is 0 Å². The molecule has 0 radical (unpaired) electrons. The molecule has 0 saturated heterocycles. The number of aryl methyl sites for hydroxylation is 3. The highest BCUT2D eigenvalue weighted by Gasteiger charge is 2.30. The highest BCUT2D eigenvalue weighted by atomic mass is 16.5. The van der Waals surface area contributed by atoms with Crippen LogP contribution in [0.4, 0.5) is 0 Å². The van der Waals surface area contributed by atoms with Crippen LogP contribution in [0.25, 0.3) is 0 Å². The van der Waals surface area contributed by atoms with Gasteiger partial charge in [-0.15, -0.1) is 0 Å². The van der Waals surface area contributed by atoms with Gasteiger partial charge in [-0.1, -0.05) is 66.2 Å². The zero-order chi connectivity index (χ0) is 23.8. The van der Waals surface area contributed by atoms with Crippen molar-refractivity contribution in [3.8, 4) is 5.75 Å². The molecule has 3 aromatic carbocycles. The fraction of sp³-hybridized carbons (Fsp3) is 0.286. The van der Waals surface area contributed by atoms with Crippen LogP contribution in [-0.2, 0) is 22.6 Å². The molecule has 5 heteroatoms. The van der Waals surface area contributed by atoms with Gasteiger partial charge in [0.15, 0.2) is 6.61 Å². The summed E-state index contributed by atoms with van der Waals surface area (Å²) < 4.78 is 5.86. The zero-order valence-corrected chi connectivity index (χ0v) is 19.8. The normalized spacial score (nSPS) is 11.5. The second-order valence-corrected chi connectivity index (χ2v) is 8.44. The SMILES string of the molecule is CNC(=O)[C@H](Cc1ccccc1)N(Cc1ccc(C)cc1)C(=O)COc1cc(C)cc(C)c1. The number of amides is 2. The van der Waals surface area contributed by atoms with Crippen molar-refractivity contribution in [1.82, 2.24) is 10.2 Å². The van der Waals surface area contributed by atoms with Crippen molar-refractivity contribution in [2.24, 2.45) is 0 Å². The Hall–Kier alpha value is -3.60. The van der Waals surface area contributed by atoms with Gasteiger partial charge in [0.1, 0.15) is 11.8 Å². The van der Waals surface area contributed by atoms with Gasteiger partial charge >= 0.3 is 0 Å². The van der Waals surface area contributed by atoms with Crippen molar-refractivity contribution < 1.29 is 14.3 Å². The number of carbonyl (C=O) groups is 2. The molecule has 0 bridgehead atoms. The van der Waals surface area contributed by atoms with Crippen LogP contribution < -0.4 is 10.1 Å². The summed E-state index contributed by atoms with van der Waals surface area (Å²) in [7, 11) is 1.60. The van der Waals surface area contributed by atoms with Crippen LogP contribution in [0.5, 0.6) is 5.75 Å². The monoisotopic (exact) mass is 444 g/mol. The number of benzene rings is 3. The lowest BCUT2D eigenvalue weighted by Crippen LogP contribution is -2.51. The van der Waals surface area contributed by atoms with E-state index in [1.54, 1.807) is 11.9 Å². The lowest BCUT2D eigenvalue weighted by Gasteiger charge is -2.31. The van der Waals surface area contributed by atoms with E-state index in [1.165, 1.54) is 0 Å². The Morgan fingerprint density at radius 3 is 2.09 bits per heavy atom. The molecule has 1 N–H and O–H groups in total. The Bertz CT molecular complexity index is 1060. The summed E-state index contributed by atoms with van der Waals surface area (Å²) in [5.74, 6) is 0.209. The lowest BCUT2D eigenvalue weighted by atomic mass is 10.0. The average Bonchev–Trinajstić information content (AvgIpc) is 2.80. The predicted octanol–water partition coefficient (Wildman–Crippen LogP) is 4.38. The van der Waals surface area contributed by atoms with Crippen molar-refractivity contribution in [3.05, 3.63) is 101 Å². The smallest absolute Gasteiger partial charge is 0.261 e. The maximum atomic E-state index is 13.4. The van der Waals surface area contributed by atoms with Crippen molar-refractivity contribution in [2.45, 2.75) is 39.8 Å². The number of rotatable bonds is 9. The summed E-state index contributed by atoms with van der Waals surface area (Å²) in [6.45, 7) is 6.18. The number of nitrogens with zero attached hydrogens (tertiary/aromatic N) is 1. The van der Waals surface area contributed by atoms with Gasteiger partial charge in [-0.05, 0) is 55.2 Å². The maximum absolute atomic E-state index is 13.4. The third-order valence-electron chi connectivity index (χ3n) is 5.55. The Balaban J connectivity index is 1.87. The van der Waals surface area contributed by atoms with Gasteiger partial charge in [-0.2, -0.15) is 0 Å². The van der Waals surface area contributed by atoms with Crippen LogP contribution in [0.15, 0.2) is 72.8 Å². The van der Waals surface area contributed by atoms with Gasteiger partial charge < -0.3 is 15.0 Å². The van der Waals surface area contributed by atoms with Crippen LogP contribution in [0, 0.1) is 20.8 Å². The Kier molecular flexibility index (Phi) is 8.25. The van der Waals surface area contributed by atoms with Crippen molar-refractivity contribution in [3.63, 3.8) is 0 Å². The topological polar surface area (TPSA) is 58.6 Å². The van der Waals surface area contributed by atoms with Crippen LogP contribution in [0.1, 0.15) is 27.8 Å². The first-order valence-corrected chi connectivity index (χ1v) is 11.2. The molecule has 0 aliphatic carbocycles. The highest BCUT2D eigenvalue weighted by Crippen LogP contribution is 2.18. The molecule has 33 heavy (non-hydrogen) atoms. The predicted molar refractivity (Wildman–Crippen MR) is 131 cm³/mol. The maximum Gasteiger partial charge on any atom is 0.261 e. The van der Waals surface area contributed by atoms with Crippen molar-refractivity contribution in [2.75, 3.05) is 13.7 Å². The number of nitrogens with one attached hydrogen (secondary N) is 1. The molecule has 0 unspecified atom stereocenters. The minimum Gasteiger partial charge on any atom is -0.484 e. The Morgan fingerprint density at radius 1 is 0.848 bits per heavy atom. The van der Waals surface area contributed by atoms with E-state index in [0.29, 0.717) is 18.7 Å². The molecular formula is C28H32N2O3. The van der Waals surface area contributed by atoms with Gasteiger partial charge in [-0.3, -0.25) is 9.59 Å². The summed E-state index contributed by atoms with van der Waals surface area (Å²) in [6.07, 6.45) is 0.418. The summed E-state index contributed by atoms with van der Waals surface area (Å²) in [6, 6.07) is 23.0. The molecule has 0 spiro atoms. The fourth-order valence-electron chi connectivity index (χ4n) is 3.85. The molecule has 0 aromatic heterocycles. The van der Waals surface area contributed by atoms with Crippen LogP contribution in [0.2, 0.25) is 0 Å². The molecular weight excluding hydrogens is 412 g/mol. The number of hydrogen-bond acceptors (Lipinski definition) is 3. The lowest BCUT2D eigenvalue weighted by molar-refractivity contribution is -0.142. The molecule has 0 fully saturated rings. The summed E-state index contributed by atoms with van der Waals surface area (Å²) in [4.78, 5) is 28.0. The number of likely N-dealkylation sites (N-methyl/N-ethyl adjacent to an activating group) is 1. The quantitative estimate of drug-likeness (QED) is 0.533. The second kappa shape index (κ2) is 11.3. The van der Waals surface area contributed by atoms with Crippen molar-refractivity contribution >= 4 is 11.8 Å². The summed E-state index contributed by atoms with van der Waals surface area (Å²) >= 11 is 0. The van der Waals surface area contributed by atoms with Crippen LogP contribution in [0.3, 0.4) is 0 Å². The first kappa shape index (κ1) is 24.1. The van der Waals surface area contributed by atoms with E-state index in [4.69, 9.17) is 4.74 Å². The number of carbonyl (C=O) groups excluding carboxylic acids is 2. The van der Waals surface area contributed by atoms with E-state index in [1.807, 2.05) is 87.5 Å². The van der Waals surface area contributed by atoms with Gasteiger partial charge in [0.25, 0.3) is 5.91 Å². The van der Waals surface area contributed by atoms with Gasteiger partial charge in [0, 0.05) is 20.0 Å². The van der Waals surface area contributed by atoms with Crippen LogP contribution in [-0.4, -0.2) is 36.4 Å². The van der Waals surface area contributed by atoms with Crippen molar-refractivity contribution in [1.29, 1.82) is 0 Å². The molecule has 0 saturated carbocycles. The molecule has 3 aromatic rings. The summed E-state index contributed by atoms with van der Waals surface area (Å²) in [5, 5.41) is 2.73. The molecule has 2 amide bonds. The van der Waals surface area contributed by atoms with E-state index in [9.17, 15) is 9.59 Å². The minimum absolute atomic E-state index is 0.142. The van der Waals surface area contributed by atoms with E-state index in [0.717, 1.165) is 27.8 Å². The Morgan fingerprint density at radius 2 is 1.48 bits per heavy atom. The van der Waals surface area contributed by atoms with E-state index in [-0.39, 0.29) is 18.4 Å². The highest BCUT2D eigenvalue weighted by molar-refractivity contribution is 5.88. The fourth-order valence-corrected chi connectivity index (χ4v) is 3.85. The summed E-state index contributed by atoms with van der Waals surface area (Å²) in [5.41, 5.74) is 5.23. The number of hydrogen-bond donors (Lipinski definition) is 1. The molecule has 0 aliphatic heterocycles. The molecule has 1 atom stereocenters. The average molecular weight is 445 g/mol. The van der Waals surface area contributed by atoms with Gasteiger partial charge in [0.05, 0.1) is 0 Å². The van der Waals surface area contributed by atoms with E-state index < -0.39 is 6.04 Å².